The Labute approximate surface area is 133 Å². The zero-order chi connectivity index (χ0) is 16.2. The number of nitriles is 1. The van der Waals surface area contributed by atoms with Gasteiger partial charge in [-0.1, -0.05) is 42.5 Å². The lowest BCUT2D eigenvalue weighted by Gasteiger charge is -2.19. The van der Waals surface area contributed by atoms with Crippen molar-refractivity contribution in [3.05, 3.63) is 83.4 Å². The van der Waals surface area contributed by atoms with Crippen LogP contribution in [0.1, 0.15) is 29.9 Å². The highest BCUT2D eigenvalue weighted by Gasteiger charge is 2.20. The highest BCUT2D eigenvalue weighted by Crippen LogP contribution is 2.35. The monoisotopic (exact) mass is 307 g/mol. The molecule has 0 aliphatic rings. The lowest BCUT2D eigenvalue weighted by atomic mass is 9.84. The Morgan fingerprint density at radius 3 is 2.52 bits per heavy atom. The number of rotatable bonds is 4. The van der Waals surface area contributed by atoms with E-state index in [-0.39, 0.29) is 12.3 Å². The molecule has 0 fully saturated rings. The van der Waals surface area contributed by atoms with Gasteiger partial charge in [0.1, 0.15) is 11.6 Å². The van der Waals surface area contributed by atoms with Crippen LogP contribution in [0.4, 0.5) is 8.78 Å². The lowest BCUT2D eigenvalue weighted by molar-refractivity contribution is 0.568. The molecule has 0 saturated carbocycles. The van der Waals surface area contributed by atoms with Crippen molar-refractivity contribution in [3.63, 3.8) is 0 Å². The molecule has 0 aromatic heterocycles. The van der Waals surface area contributed by atoms with E-state index in [1.165, 1.54) is 6.07 Å². The molecule has 3 aromatic carbocycles. The van der Waals surface area contributed by atoms with Gasteiger partial charge in [-0.15, -0.1) is 0 Å². The SMILES string of the molecule is N#CCCC(c1cc(F)ccc1F)c1cccc2ccccc12. The molecule has 3 rings (SSSR count). The predicted octanol–water partition coefficient (Wildman–Crippen LogP) is 5.55. The second-order valence-electron chi connectivity index (χ2n) is 5.48. The van der Waals surface area contributed by atoms with Gasteiger partial charge >= 0.3 is 0 Å². The van der Waals surface area contributed by atoms with Gasteiger partial charge in [-0.05, 0) is 46.5 Å². The van der Waals surface area contributed by atoms with Crippen LogP contribution in [0, 0.1) is 23.0 Å². The van der Waals surface area contributed by atoms with Gasteiger partial charge in [-0.25, -0.2) is 8.78 Å². The van der Waals surface area contributed by atoms with Crippen LogP contribution in [0.25, 0.3) is 10.8 Å². The third-order valence-corrected chi connectivity index (χ3v) is 4.08. The summed E-state index contributed by atoms with van der Waals surface area (Å²) in [5.74, 6) is -1.26. The highest BCUT2D eigenvalue weighted by atomic mass is 19.1. The van der Waals surface area contributed by atoms with E-state index in [9.17, 15) is 8.78 Å². The van der Waals surface area contributed by atoms with Crippen molar-refractivity contribution < 1.29 is 8.78 Å². The maximum Gasteiger partial charge on any atom is 0.127 e. The summed E-state index contributed by atoms with van der Waals surface area (Å²) in [6.45, 7) is 0. The van der Waals surface area contributed by atoms with Crippen molar-refractivity contribution in [3.8, 4) is 6.07 Å². The van der Waals surface area contributed by atoms with Crippen molar-refractivity contribution in [2.45, 2.75) is 18.8 Å². The van der Waals surface area contributed by atoms with Gasteiger partial charge in [-0.2, -0.15) is 5.26 Å². The van der Waals surface area contributed by atoms with Crippen molar-refractivity contribution >= 4 is 10.8 Å². The number of fused-ring (bicyclic) bond motifs is 1. The molecular formula is C20H15F2N. The Hall–Kier alpha value is -2.73. The predicted molar refractivity (Wildman–Crippen MR) is 87.0 cm³/mol. The van der Waals surface area contributed by atoms with Crippen molar-refractivity contribution in [1.82, 2.24) is 0 Å². The lowest BCUT2D eigenvalue weighted by Crippen LogP contribution is -2.05. The fourth-order valence-corrected chi connectivity index (χ4v) is 3.02. The van der Waals surface area contributed by atoms with Crippen LogP contribution >= 0.6 is 0 Å². The molecule has 23 heavy (non-hydrogen) atoms. The van der Waals surface area contributed by atoms with E-state index < -0.39 is 11.6 Å². The molecule has 0 aliphatic carbocycles. The summed E-state index contributed by atoms with van der Waals surface area (Å²) in [5, 5.41) is 11.0. The second-order valence-corrected chi connectivity index (χ2v) is 5.48. The van der Waals surface area contributed by atoms with Crippen molar-refractivity contribution in [2.75, 3.05) is 0 Å². The number of hydrogen-bond donors (Lipinski definition) is 0. The highest BCUT2D eigenvalue weighted by molar-refractivity contribution is 5.86. The Balaban J connectivity index is 2.19. The third kappa shape index (κ3) is 3.07. The van der Waals surface area contributed by atoms with Crippen LogP contribution in [0.2, 0.25) is 0 Å². The van der Waals surface area contributed by atoms with Crippen molar-refractivity contribution in [1.29, 1.82) is 5.26 Å². The maximum absolute atomic E-state index is 14.3. The van der Waals surface area contributed by atoms with E-state index in [1.54, 1.807) is 0 Å². The molecule has 0 spiro atoms. The van der Waals surface area contributed by atoms with E-state index in [2.05, 4.69) is 6.07 Å². The molecule has 0 aliphatic heterocycles. The quantitative estimate of drug-likeness (QED) is 0.619. The van der Waals surface area contributed by atoms with Gasteiger partial charge in [0.25, 0.3) is 0 Å². The Bertz CT molecular complexity index is 875. The first-order valence-electron chi connectivity index (χ1n) is 7.50. The zero-order valence-electron chi connectivity index (χ0n) is 12.5. The average Bonchev–Trinajstić information content (AvgIpc) is 2.58. The summed E-state index contributed by atoms with van der Waals surface area (Å²) in [5.41, 5.74) is 1.22. The zero-order valence-corrected chi connectivity index (χ0v) is 12.5. The molecule has 114 valence electrons. The van der Waals surface area contributed by atoms with Crippen molar-refractivity contribution in [2.24, 2.45) is 0 Å². The fraction of sp³-hybridized carbons (Fsp3) is 0.150. The van der Waals surface area contributed by atoms with Crippen LogP contribution in [-0.2, 0) is 0 Å². The van der Waals surface area contributed by atoms with Gasteiger partial charge in [0, 0.05) is 12.3 Å². The topological polar surface area (TPSA) is 23.8 Å². The van der Waals surface area contributed by atoms with E-state index in [4.69, 9.17) is 5.26 Å². The first-order valence-corrected chi connectivity index (χ1v) is 7.50. The maximum atomic E-state index is 14.3. The minimum Gasteiger partial charge on any atom is -0.207 e. The minimum absolute atomic E-state index is 0.282. The molecule has 1 nitrogen and oxygen atoms in total. The molecule has 0 heterocycles. The van der Waals surface area contributed by atoms with Gasteiger partial charge in [0.15, 0.2) is 0 Å². The summed E-state index contributed by atoms with van der Waals surface area (Å²) in [6, 6.07) is 19.3. The van der Waals surface area contributed by atoms with Crippen LogP contribution in [0.15, 0.2) is 60.7 Å². The van der Waals surface area contributed by atoms with E-state index in [1.807, 2.05) is 42.5 Å². The third-order valence-electron chi connectivity index (χ3n) is 4.08. The van der Waals surface area contributed by atoms with Gasteiger partial charge in [0.05, 0.1) is 6.07 Å². The summed E-state index contributed by atoms with van der Waals surface area (Å²) in [4.78, 5) is 0. The number of nitrogens with zero attached hydrogens (tertiary/aromatic N) is 1. The summed E-state index contributed by atoms with van der Waals surface area (Å²) >= 11 is 0. The Morgan fingerprint density at radius 2 is 1.70 bits per heavy atom. The molecule has 3 aromatic rings. The minimum atomic E-state index is -0.469. The second kappa shape index (κ2) is 6.58. The van der Waals surface area contributed by atoms with Crippen LogP contribution in [-0.4, -0.2) is 0 Å². The van der Waals surface area contributed by atoms with E-state index >= 15 is 0 Å². The van der Waals surface area contributed by atoms with Gasteiger partial charge in [-0.3, -0.25) is 0 Å². The number of benzene rings is 3. The molecule has 1 atom stereocenters. The van der Waals surface area contributed by atoms with Gasteiger partial charge < -0.3 is 0 Å². The molecule has 3 heteroatoms. The first-order chi connectivity index (χ1) is 11.2. The van der Waals surface area contributed by atoms with Crippen LogP contribution < -0.4 is 0 Å². The number of halogens is 2. The summed E-state index contributed by atoms with van der Waals surface area (Å²) < 4.78 is 27.9. The average molecular weight is 307 g/mol. The first kappa shape index (κ1) is 15.2. The smallest absolute Gasteiger partial charge is 0.127 e. The molecule has 1 unspecified atom stereocenters. The summed E-state index contributed by atoms with van der Waals surface area (Å²) in [6.07, 6.45) is 0.731. The fourth-order valence-electron chi connectivity index (χ4n) is 3.02. The normalized spacial score (nSPS) is 12.0. The summed E-state index contributed by atoms with van der Waals surface area (Å²) in [7, 11) is 0. The molecule has 0 radical (unpaired) electrons. The Kier molecular flexibility index (Phi) is 4.34. The molecule has 0 saturated heterocycles. The molecule has 0 bridgehead atoms. The van der Waals surface area contributed by atoms with Crippen LogP contribution in [0.5, 0.6) is 0 Å². The molecular weight excluding hydrogens is 292 g/mol. The largest absolute Gasteiger partial charge is 0.207 e. The van der Waals surface area contributed by atoms with E-state index in [0.717, 1.165) is 28.5 Å². The molecule has 0 amide bonds. The molecule has 0 N–H and O–H groups in total. The van der Waals surface area contributed by atoms with Crippen LogP contribution in [0.3, 0.4) is 0 Å². The Morgan fingerprint density at radius 1 is 0.913 bits per heavy atom. The van der Waals surface area contributed by atoms with Gasteiger partial charge in [0.2, 0.25) is 0 Å². The van der Waals surface area contributed by atoms with E-state index in [0.29, 0.717) is 12.0 Å². The number of hydrogen-bond acceptors (Lipinski definition) is 1. The standard InChI is InChI=1S/C20H15F2N/c21-15-10-11-20(22)19(13-15)18(9-4-12-23)17-8-3-6-14-5-1-2-7-16(14)17/h1-3,5-8,10-11,13,18H,4,9H2.